The van der Waals surface area contributed by atoms with E-state index in [-0.39, 0.29) is 11.5 Å². The molecule has 7 heteroatoms. The predicted molar refractivity (Wildman–Crippen MR) is 175 cm³/mol. The molecule has 2 saturated heterocycles. The SMILES string of the molecule is COC[C@@H]1CN(CCN2CCN(C(O[Si])(c3ccccc3)c3ccc(C)c(C(C)(C)C)c3-c3ccccc3)CC2)CCO1. The lowest BCUT2D eigenvalue weighted by Crippen LogP contribution is -2.58. The van der Waals surface area contributed by atoms with E-state index in [2.05, 4.69) is 126 Å². The van der Waals surface area contributed by atoms with Gasteiger partial charge >= 0.3 is 0 Å². The lowest BCUT2D eigenvalue weighted by molar-refractivity contribution is -0.0795. The van der Waals surface area contributed by atoms with Gasteiger partial charge in [-0.25, -0.2) is 0 Å². The summed E-state index contributed by atoms with van der Waals surface area (Å²) in [6.07, 6.45) is 0.171. The first-order valence-corrected chi connectivity index (χ1v) is 16.1. The monoisotopic (exact) mass is 598 g/mol. The average molecular weight is 599 g/mol. The highest BCUT2D eigenvalue weighted by atomic mass is 28.2. The van der Waals surface area contributed by atoms with E-state index in [1.54, 1.807) is 7.11 Å². The Morgan fingerprint density at radius 3 is 2.12 bits per heavy atom. The fourth-order valence-corrected chi connectivity index (χ4v) is 7.41. The maximum absolute atomic E-state index is 6.62. The van der Waals surface area contributed by atoms with Crippen LogP contribution in [-0.4, -0.2) is 104 Å². The fourth-order valence-electron chi connectivity index (χ4n) is 7.05. The zero-order valence-electron chi connectivity index (χ0n) is 26.6. The smallest absolute Gasteiger partial charge is 0.249 e. The van der Waals surface area contributed by atoms with Crippen LogP contribution in [0.25, 0.3) is 11.1 Å². The Hall–Kier alpha value is -2.36. The van der Waals surface area contributed by atoms with Gasteiger partial charge in [-0.15, -0.1) is 0 Å². The molecule has 229 valence electrons. The van der Waals surface area contributed by atoms with E-state index in [4.69, 9.17) is 13.9 Å². The molecule has 3 radical (unpaired) electrons. The molecule has 2 aliphatic heterocycles. The molecule has 2 heterocycles. The Morgan fingerprint density at radius 1 is 0.837 bits per heavy atom. The molecule has 2 aliphatic rings. The van der Waals surface area contributed by atoms with Gasteiger partial charge in [0.2, 0.25) is 10.5 Å². The summed E-state index contributed by atoms with van der Waals surface area (Å²) in [7, 11) is 5.43. The van der Waals surface area contributed by atoms with Crippen LogP contribution in [0.5, 0.6) is 0 Å². The summed E-state index contributed by atoms with van der Waals surface area (Å²) in [5.74, 6) is 0. The Bertz CT molecular complexity index is 1310. The van der Waals surface area contributed by atoms with Crippen molar-refractivity contribution >= 4 is 10.5 Å². The second-order valence-electron chi connectivity index (χ2n) is 13.0. The van der Waals surface area contributed by atoms with Crippen molar-refractivity contribution in [1.82, 2.24) is 14.7 Å². The number of morpholine rings is 1. The predicted octanol–water partition coefficient (Wildman–Crippen LogP) is 5.23. The van der Waals surface area contributed by atoms with Gasteiger partial charge in [-0.1, -0.05) is 93.6 Å². The maximum Gasteiger partial charge on any atom is 0.249 e. The zero-order chi connectivity index (χ0) is 30.5. The van der Waals surface area contributed by atoms with Crippen molar-refractivity contribution in [1.29, 1.82) is 0 Å². The highest BCUT2D eigenvalue weighted by Gasteiger charge is 2.44. The van der Waals surface area contributed by atoms with E-state index >= 15 is 0 Å². The molecule has 3 aromatic carbocycles. The van der Waals surface area contributed by atoms with E-state index in [1.807, 2.05) is 0 Å². The van der Waals surface area contributed by atoms with Gasteiger partial charge in [-0.05, 0) is 34.6 Å². The van der Waals surface area contributed by atoms with E-state index in [9.17, 15) is 0 Å². The number of ether oxygens (including phenoxy) is 2. The average Bonchev–Trinajstić information content (AvgIpc) is 3.02. The lowest BCUT2D eigenvalue weighted by Gasteiger charge is -2.49. The van der Waals surface area contributed by atoms with Crippen molar-refractivity contribution < 1.29 is 13.9 Å². The van der Waals surface area contributed by atoms with Crippen molar-refractivity contribution in [2.75, 3.05) is 72.7 Å². The molecule has 43 heavy (non-hydrogen) atoms. The van der Waals surface area contributed by atoms with Crippen molar-refractivity contribution in [2.45, 2.75) is 44.9 Å². The molecule has 0 N–H and O–H groups in total. The molecule has 2 atom stereocenters. The second kappa shape index (κ2) is 14.2. The van der Waals surface area contributed by atoms with Gasteiger partial charge in [0, 0.05) is 70.6 Å². The van der Waals surface area contributed by atoms with E-state index < -0.39 is 5.72 Å². The van der Waals surface area contributed by atoms with Crippen molar-refractivity contribution in [3.05, 3.63) is 95.1 Å². The molecular formula is C36H48N3O3Si. The molecule has 0 aromatic heterocycles. The number of hydrogen-bond donors (Lipinski definition) is 0. The number of nitrogens with zero attached hydrogens (tertiary/aromatic N) is 3. The van der Waals surface area contributed by atoms with Crippen molar-refractivity contribution in [2.24, 2.45) is 0 Å². The molecule has 2 fully saturated rings. The Labute approximate surface area is 262 Å². The maximum atomic E-state index is 6.62. The number of methoxy groups -OCH3 is 1. The van der Waals surface area contributed by atoms with Crippen LogP contribution >= 0.6 is 0 Å². The van der Waals surface area contributed by atoms with Crippen LogP contribution < -0.4 is 0 Å². The molecular weight excluding hydrogens is 551 g/mol. The first-order valence-electron chi connectivity index (χ1n) is 15.7. The Kier molecular flexibility index (Phi) is 10.6. The summed E-state index contributed by atoms with van der Waals surface area (Å²) in [5.41, 5.74) is 6.56. The highest BCUT2D eigenvalue weighted by Crippen LogP contribution is 2.46. The quantitative estimate of drug-likeness (QED) is 0.298. The third kappa shape index (κ3) is 6.99. The zero-order valence-corrected chi connectivity index (χ0v) is 27.6. The number of rotatable bonds is 10. The number of benzene rings is 3. The summed E-state index contributed by atoms with van der Waals surface area (Å²) >= 11 is 0. The summed E-state index contributed by atoms with van der Waals surface area (Å²) in [6.45, 7) is 18.4. The fraction of sp³-hybridized carbons (Fsp3) is 0.500. The largest absolute Gasteiger partial charge is 0.394 e. The molecule has 1 unspecified atom stereocenters. The minimum atomic E-state index is -0.805. The topological polar surface area (TPSA) is 37.4 Å². The van der Waals surface area contributed by atoms with Crippen LogP contribution in [0.4, 0.5) is 0 Å². The van der Waals surface area contributed by atoms with Gasteiger partial charge in [0.25, 0.3) is 0 Å². The van der Waals surface area contributed by atoms with Gasteiger partial charge in [-0.2, -0.15) is 0 Å². The van der Waals surface area contributed by atoms with Gasteiger partial charge in [0.05, 0.1) is 19.3 Å². The van der Waals surface area contributed by atoms with E-state index in [0.717, 1.165) is 64.5 Å². The van der Waals surface area contributed by atoms with Gasteiger partial charge in [-0.3, -0.25) is 14.7 Å². The molecule has 5 rings (SSSR count). The van der Waals surface area contributed by atoms with Crippen molar-refractivity contribution in [3.63, 3.8) is 0 Å². The minimum Gasteiger partial charge on any atom is -0.394 e. The Morgan fingerprint density at radius 2 is 1.49 bits per heavy atom. The summed E-state index contributed by atoms with van der Waals surface area (Å²) in [6, 6.07) is 26.1. The molecule has 0 aliphatic carbocycles. The van der Waals surface area contributed by atoms with Crippen LogP contribution in [0.1, 0.15) is 43.0 Å². The standard InChI is InChI=1S/C36H48N3O3Si/c1-28-16-17-32(33(34(28)35(2,3)4)29-12-8-6-9-13-29)36(42-43,30-14-10-7-11-15-30)39-22-20-37(21-23-39)18-19-38-24-25-41-31(26-38)27-40-5/h6-17,31H,18-27H2,1-5H3/t31-,36?/m0/s1. The third-order valence-electron chi connectivity index (χ3n) is 9.03. The number of piperazine rings is 1. The molecule has 0 spiro atoms. The van der Waals surface area contributed by atoms with Gasteiger partial charge in [0.1, 0.15) is 0 Å². The lowest BCUT2D eigenvalue weighted by atomic mass is 9.74. The van der Waals surface area contributed by atoms with Crippen molar-refractivity contribution in [3.8, 4) is 11.1 Å². The first kappa shape index (κ1) is 32.0. The first-order chi connectivity index (χ1) is 20.8. The van der Waals surface area contributed by atoms with Crippen LogP contribution in [0.15, 0.2) is 72.8 Å². The second-order valence-corrected chi connectivity index (χ2v) is 13.2. The van der Waals surface area contributed by atoms with E-state index in [0.29, 0.717) is 6.61 Å². The highest BCUT2D eigenvalue weighted by molar-refractivity contribution is 5.98. The Balaban J connectivity index is 1.48. The molecule has 6 nitrogen and oxygen atoms in total. The molecule has 3 aromatic rings. The summed E-state index contributed by atoms with van der Waals surface area (Å²) in [4.78, 5) is 7.63. The molecule has 0 saturated carbocycles. The summed E-state index contributed by atoms with van der Waals surface area (Å²) < 4.78 is 17.8. The summed E-state index contributed by atoms with van der Waals surface area (Å²) in [5, 5.41) is 0. The van der Waals surface area contributed by atoms with Crippen LogP contribution in [0.3, 0.4) is 0 Å². The molecule has 0 bridgehead atoms. The van der Waals surface area contributed by atoms with Crippen LogP contribution in [0.2, 0.25) is 0 Å². The number of aryl methyl sites for hydroxylation is 1. The van der Waals surface area contributed by atoms with Crippen LogP contribution in [-0.2, 0) is 25.0 Å². The van der Waals surface area contributed by atoms with Crippen LogP contribution in [0, 0.1) is 6.92 Å². The molecule has 0 amide bonds. The van der Waals surface area contributed by atoms with E-state index in [1.165, 1.54) is 27.8 Å². The third-order valence-corrected chi connectivity index (χ3v) is 9.32. The van der Waals surface area contributed by atoms with Gasteiger partial charge < -0.3 is 13.9 Å². The van der Waals surface area contributed by atoms with Gasteiger partial charge in [0.15, 0.2) is 5.72 Å². The number of hydrogen-bond acceptors (Lipinski definition) is 6. The minimum absolute atomic E-state index is 0.0557. The normalized spacial score (nSPS) is 20.7.